The Labute approximate surface area is 115 Å². The van der Waals surface area contributed by atoms with Crippen molar-refractivity contribution < 1.29 is 0 Å². The summed E-state index contributed by atoms with van der Waals surface area (Å²) < 4.78 is 0. The first-order valence-electron chi connectivity index (χ1n) is 6.01. The monoisotopic (exact) mass is 264 g/mol. The Balaban J connectivity index is 2.68. The van der Waals surface area contributed by atoms with E-state index in [2.05, 4.69) is 20.1 Å². The zero-order valence-electron chi connectivity index (χ0n) is 10.7. The van der Waals surface area contributed by atoms with Gasteiger partial charge in [-0.3, -0.25) is 0 Å². The lowest BCUT2D eigenvalue weighted by atomic mass is 9.84. The van der Waals surface area contributed by atoms with Crippen LogP contribution in [0.4, 0.5) is 0 Å². The number of hydrogen-bond acceptors (Lipinski definition) is 2. The van der Waals surface area contributed by atoms with Crippen molar-refractivity contribution in [3.63, 3.8) is 0 Å². The fourth-order valence-corrected chi connectivity index (χ4v) is 2.13. The van der Waals surface area contributed by atoms with E-state index in [1.807, 2.05) is 60.7 Å². The number of benzene rings is 2. The summed E-state index contributed by atoms with van der Waals surface area (Å²) in [5, 5.41) is 7.58. The molecule has 2 rings (SSSR count). The molecule has 0 spiro atoms. The summed E-state index contributed by atoms with van der Waals surface area (Å²) in [4.78, 5) is 5.75. The van der Waals surface area contributed by atoms with Crippen molar-refractivity contribution in [2.75, 3.05) is 6.54 Å². The van der Waals surface area contributed by atoms with Gasteiger partial charge in [-0.25, -0.2) is 0 Å². The summed E-state index contributed by atoms with van der Waals surface area (Å²) in [5.41, 5.74) is 18.1. The van der Waals surface area contributed by atoms with E-state index >= 15 is 0 Å². The van der Waals surface area contributed by atoms with Gasteiger partial charge in [0.1, 0.15) is 5.54 Å². The van der Waals surface area contributed by atoms with E-state index in [9.17, 15) is 0 Å². The molecular formula is C14H12N6. The minimum absolute atomic E-state index is 0.0294. The molecule has 0 saturated heterocycles. The van der Waals surface area contributed by atoms with Crippen molar-refractivity contribution in [1.82, 2.24) is 0 Å². The largest absolute Gasteiger partial charge is 0.104 e. The summed E-state index contributed by atoms with van der Waals surface area (Å²) in [6, 6.07) is 18.6. The van der Waals surface area contributed by atoms with Crippen LogP contribution < -0.4 is 0 Å². The highest BCUT2D eigenvalue weighted by atomic mass is 15.2. The number of azide groups is 2. The van der Waals surface area contributed by atoms with Crippen LogP contribution in [0.25, 0.3) is 20.9 Å². The van der Waals surface area contributed by atoms with Gasteiger partial charge in [-0.2, -0.15) is 0 Å². The smallest absolute Gasteiger partial charge is 0.0926 e. The fraction of sp³-hybridized carbons (Fsp3) is 0.143. The van der Waals surface area contributed by atoms with Gasteiger partial charge < -0.3 is 0 Å². The van der Waals surface area contributed by atoms with Crippen molar-refractivity contribution in [2.45, 2.75) is 5.54 Å². The Morgan fingerprint density at radius 2 is 1.30 bits per heavy atom. The van der Waals surface area contributed by atoms with Crippen LogP contribution in [0.2, 0.25) is 0 Å². The molecule has 98 valence electrons. The number of nitrogens with zero attached hydrogens (tertiary/aromatic N) is 6. The van der Waals surface area contributed by atoms with E-state index in [0.29, 0.717) is 0 Å². The van der Waals surface area contributed by atoms with Crippen LogP contribution in [0.15, 0.2) is 70.9 Å². The van der Waals surface area contributed by atoms with Gasteiger partial charge in [0.25, 0.3) is 0 Å². The van der Waals surface area contributed by atoms with E-state index < -0.39 is 5.54 Å². The molecule has 2 aromatic rings. The summed E-state index contributed by atoms with van der Waals surface area (Å²) in [6.07, 6.45) is 0. The molecule has 0 aromatic heterocycles. The third-order valence-corrected chi connectivity index (χ3v) is 3.08. The summed E-state index contributed by atoms with van der Waals surface area (Å²) in [6.45, 7) is 0.0294. The summed E-state index contributed by atoms with van der Waals surface area (Å²) in [5.74, 6) is 0. The minimum atomic E-state index is -1.02. The van der Waals surface area contributed by atoms with Crippen LogP contribution in [0.1, 0.15) is 11.1 Å². The first kappa shape index (κ1) is 13.5. The zero-order valence-corrected chi connectivity index (χ0v) is 10.7. The Morgan fingerprint density at radius 1 is 0.800 bits per heavy atom. The maximum absolute atomic E-state index is 8.95. The molecule has 2 aromatic carbocycles. The summed E-state index contributed by atoms with van der Waals surface area (Å²) >= 11 is 0. The quantitative estimate of drug-likeness (QED) is 0.430. The number of rotatable bonds is 5. The van der Waals surface area contributed by atoms with Gasteiger partial charge in [-0.1, -0.05) is 70.9 Å². The molecular weight excluding hydrogens is 252 g/mol. The van der Waals surface area contributed by atoms with Crippen LogP contribution in [0.5, 0.6) is 0 Å². The Hall–Kier alpha value is -2.94. The van der Waals surface area contributed by atoms with Crippen molar-refractivity contribution in [1.29, 1.82) is 0 Å². The van der Waals surface area contributed by atoms with Gasteiger partial charge in [0.2, 0.25) is 0 Å². The van der Waals surface area contributed by atoms with Crippen LogP contribution in [-0.2, 0) is 5.54 Å². The van der Waals surface area contributed by atoms with Gasteiger partial charge in [0.05, 0.1) is 0 Å². The van der Waals surface area contributed by atoms with Gasteiger partial charge in [0, 0.05) is 16.4 Å². The molecule has 0 fully saturated rings. The van der Waals surface area contributed by atoms with Crippen molar-refractivity contribution in [2.24, 2.45) is 10.2 Å². The van der Waals surface area contributed by atoms with Crippen LogP contribution in [0, 0.1) is 0 Å². The van der Waals surface area contributed by atoms with E-state index in [1.54, 1.807) is 0 Å². The molecule has 0 amide bonds. The maximum Gasteiger partial charge on any atom is 0.104 e. The first-order chi connectivity index (χ1) is 9.83. The van der Waals surface area contributed by atoms with Gasteiger partial charge in [-0.15, -0.1) is 0 Å². The van der Waals surface area contributed by atoms with Crippen molar-refractivity contribution in [3.05, 3.63) is 92.7 Å². The predicted molar refractivity (Wildman–Crippen MR) is 76.8 cm³/mol. The van der Waals surface area contributed by atoms with Gasteiger partial charge >= 0.3 is 0 Å². The van der Waals surface area contributed by atoms with E-state index in [1.165, 1.54) is 0 Å². The van der Waals surface area contributed by atoms with Gasteiger partial charge in [0.15, 0.2) is 0 Å². The highest BCUT2D eigenvalue weighted by molar-refractivity contribution is 5.39. The van der Waals surface area contributed by atoms with E-state index in [-0.39, 0.29) is 6.54 Å². The normalized spacial score (nSPS) is 10.2. The van der Waals surface area contributed by atoms with Gasteiger partial charge in [-0.05, 0) is 22.2 Å². The lowest BCUT2D eigenvalue weighted by Gasteiger charge is -2.28. The minimum Gasteiger partial charge on any atom is -0.0926 e. The molecule has 0 aliphatic rings. The second kappa shape index (κ2) is 6.29. The average molecular weight is 264 g/mol. The molecule has 6 heteroatoms. The first-order valence-corrected chi connectivity index (χ1v) is 6.01. The lowest BCUT2D eigenvalue weighted by Crippen LogP contribution is -2.28. The Morgan fingerprint density at radius 3 is 1.70 bits per heavy atom. The molecule has 0 aliphatic carbocycles. The zero-order chi connectivity index (χ0) is 14.3. The Kier molecular flexibility index (Phi) is 4.24. The topological polar surface area (TPSA) is 97.5 Å². The third-order valence-electron chi connectivity index (χ3n) is 3.08. The highest BCUT2D eigenvalue weighted by Gasteiger charge is 2.32. The molecule has 0 bridgehead atoms. The highest BCUT2D eigenvalue weighted by Crippen LogP contribution is 2.34. The van der Waals surface area contributed by atoms with Crippen molar-refractivity contribution in [3.8, 4) is 0 Å². The lowest BCUT2D eigenvalue weighted by molar-refractivity contribution is 0.547. The summed E-state index contributed by atoms with van der Waals surface area (Å²) in [7, 11) is 0. The molecule has 0 aliphatic heterocycles. The second-order valence-electron chi connectivity index (χ2n) is 4.17. The SMILES string of the molecule is [N-]=[N+]=NCC(N=[N+]=[N-])(c1ccccc1)c1ccccc1. The predicted octanol–water partition coefficient (Wildman–Crippen LogP) is 4.55. The fourth-order valence-electron chi connectivity index (χ4n) is 2.13. The Bertz CT molecular complexity index is 615. The van der Waals surface area contributed by atoms with Crippen LogP contribution in [-0.4, -0.2) is 6.54 Å². The molecule has 0 unspecified atom stereocenters. The molecule has 0 radical (unpaired) electrons. The molecule has 0 atom stereocenters. The van der Waals surface area contributed by atoms with Crippen molar-refractivity contribution >= 4 is 0 Å². The standard InChI is InChI=1S/C14H12N6/c15-19-17-11-14(18-20-16,12-7-3-1-4-8-12)13-9-5-2-6-10-13/h1-10H,11H2. The van der Waals surface area contributed by atoms with Crippen LogP contribution in [0.3, 0.4) is 0 Å². The molecule has 0 N–H and O–H groups in total. The molecule has 6 nitrogen and oxygen atoms in total. The third kappa shape index (κ3) is 2.57. The molecule has 0 heterocycles. The van der Waals surface area contributed by atoms with E-state index in [0.717, 1.165) is 11.1 Å². The average Bonchev–Trinajstić information content (AvgIpc) is 2.53. The maximum atomic E-state index is 8.95. The second-order valence-corrected chi connectivity index (χ2v) is 4.17. The number of hydrogen-bond donors (Lipinski definition) is 0. The van der Waals surface area contributed by atoms with E-state index in [4.69, 9.17) is 11.1 Å². The molecule has 20 heavy (non-hydrogen) atoms. The molecule has 0 saturated carbocycles. The van der Waals surface area contributed by atoms with Crippen LogP contribution >= 0.6 is 0 Å².